The van der Waals surface area contributed by atoms with Gasteiger partial charge in [-0.2, -0.15) is 10.5 Å². The van der Waals surface area contributed by atoms with Crippen molar-refractivity contribution in [2.75, 3.05) is 5.32 Å². The molecule has 0 saturated carbocycles. The van der Waals surface area contributed by atoms with Crippen LogP contribution in [-0.2, 0) is 0 Å². The number of hydrogen-bond donors (Lipinski definition) is 2. The highest BCUT2D eigenvalue weighted by Gasteiger charge is 2.12. The summed E-state index contributed by atoms with van der Waals surface area (Å²) in [4.78, 5) is 10.2. The normalized spacial score (nSPS) is 10.9. The van der Waals surface area contributed by atoms with Gasteiger partial charge in [0.15, 0.2) is 0 Å². The Balaban J connectivity index is 2.25. The molecule has 0 spiro atoms. The van der Waals surface area contributed by atoms with Crippen molar-refractivity contribution in [1.82, 2.24) is 20.6 Å². The van der Waals surface area contributed by atoms with Crippen LogP contribution in [0.3, 0.4) is 0 Å². The summed E-state index contributed by atoms with van der Waals surface area (Å²) in [5.41, 5.74) is 0.289. The number of nitro groups is 1. The number of nitrogens with one attached hydrogen (secondary N) is 2. The fourth-order valence-electron chi connectivity index (χ4n) is 1.32. The number of anilines is 1. The van der Waals surface area contributed by atoms with Crippen molar-refractivity contribution in [2.24, 2.45) is 0 Å². The quantitative estimate of drug-likeness (QED) is 0.497. The van der Waals surface area contributed by atoms with Crippen LogP contribution < -0.4 is 5.32 Å². The van der Waals surface area contributed by atoms with Crippen molar-refractivity contribution in [1.29, 1.82) is 5.26 Å². The van der Waals surface area contributed by atoms with Gasteiger partial charge in [0, 0.05) is 18.0 Å². The first-order chi connectivity index (χ1) is 9.61. The Hall–Kier alpha value is -2.99. The summed E-state index contributed by atoms with van der Waals surface area (Å²) in [5.74, 6) is 0.114. The van der Waals surface area contributed by atoms with Crippen molar-refractivity contribution in [3.8, 4) is 6.07 Å². The van der Waals surface area contributed by atoms with Crippen molar-refractivity contribution in [3.63, 3.8) is 0 Å². The van der Waals surface area contributed by atoms with E-state index in [4.69, 9.17) is 16.9 Å². The van der Waals surface area contributed by atoms with Crippen molar-refractivity contribution < 1.29 is 4.92 Å². The van der Waals surface area contributed by atoms with E-state index in [9.17, 15) is 10.1 Å². The zero-order valence-electron chi connectivity index (χ0n) is 9.74. The molecule has 10 heteroatoms. The number of nitrogens with zero attached hydrogens (tertiary/aromatic N) is 5. The number of benzene rings is 1. The summed E-state index contributed by atoms with van der Waals surface area (Å²) in [6.45, 7) is 0. The molecular formula is C10H6ClN7O2. The minimum absolute atomic E-state index is 0.0307. The van der Waals surface area contributed by atoms with Gasteiger partial charge in [-0.05, 0) is 17.3 Å². The van der Waals surface area contributed by atoms with Gasteiger partial charge in [-0.25, -0.2) is 0 Å². The largest absolute Gasteiger partial charge is 0.360 e. The minimum Gasteiger partial charge on any atom is -0.360 e. The molecule has 2 rings (SSSR count). The van der Waals surface area contributed by atoms with E-state index >= 15 is 0 Å². The molecule has 1 aromatic carbocycles. The maximum absolute atomic E-state index is 10.7. The molecule has 1 aromatic heterocycles. The Bertz CT molecular complexity index is 705. The molecule has 0 bridgehead atoms. The van der Waals surface area contributed by atoms with Crippen LogP contribution in [0.25, 0.3) is 5.57 Å². The highest BCUT2D eigenvalue weighted by Crippen LogP contribution is 2.27. The van der Waals surface area contributed by atoms with Gasteiger partial charge in [0.1, 0.15) is 16.7 Å². The topological polar surface area (TPSA) is 133 Å². The van der Waals surface area contributed by atoms with E-state index in [0.717, 1.165) is 0 Å². The van der Waals surface area contributed by atoms with Crippen LogP contribution in [0.5, 0.6) is 0 Å². The average Bonchev–Trinajstić information content (AvgIpc) is 2.95. The third kappa shape index (κ3) is 2.88. The summed E-state index contributed by atoms with van der Waals surface area (Å²) in [6.07, 6.45) is 1.32. The Kier molecular flexibility index (Phi) is 3.88. The molecule has 0 aliphatic rings. The molecular weight excluding hydrogens is 286 g/mol. The summed E-state index contributed by atoms with van der Waals surface area (Å²) < 4.78 is 0. The van der Waals surface area contributed by atoms with Crippen LogP contribution in [0.2, 0.25) is 5.02 Å². The van der Waals surface area contributed by atoms with Gasteiger partial charge in [0.05, 0.1) is 4.92 Å². The monoisotopic (exact) mass is 291 g/mol. The van der Waals surface area contributed by atoms with E-state index in [1.165, 1.54) is 24.4 Å². The first-order valence-corrected chi connectivity index (χ1v) is 5.54. The fourth-order valence-corrected chi connectivity index (χ4v) is 1.51. The summed E-state index contributed by atoms with van der Waals surface area (Å²) >= 11 is 5.69. The standard InChI is InChI=1S/C10H6ClN7O2/c11-8-2-1-7(3-9(8)18(19)20)13-5-6(4-12)10-14-16-17-15-10/h1-3,5,13H,(H,14,15,16,17). The number of hydrogen-bond acceptors (Lipinski definition) is 7. The third-order valence-corrected chi connectivity index (χ3v) is 2.55. The number of nitriles is 1. The lowest BCUT2D eigenvalue weighted by molar-refractivity contribution is -0.384. The minimum atomic E-state index is -0.596. The van der Waals surface area contributed by atoms with Gasteiger partial charge in [0.2, 0.25) is 5.82 Å². The maximum Gasteiger partial charge on any atom is 0.289 e. The average molecular weight is 292 g/mol. The SMILES string of the molecule is N#CC(=CNc1ccc(Cl)c([N+](=O)[O-])c1)c1nn[nH]n1. The van der Waals surface area contributed by atoms with E-state index in [0.29, 0.717) is 5.69 Å². The molecule has 2 aromatic rings. The number of aromatic amines is 1. The predicted octanol–water partition coefficient (Wildman–Crippen LogP) is 1.74. The molecule has 0 aliphatic carbocycles. The van der Waals surface area contributed by atoms with Gasteiger partial charge >= 0.3 is 0 Å². The number of allylic oxidation sites excluding steroid dienone is 1. The van der Waals surface area contributed by atoms with Crippen molar-refractivity contribution in [2.45, 2.75) is 0 Å². The van der Waals surface area contributed by atoms with Gasteiger partial charge in [0.25, 0.3) is 5.69 Å². The van der Waals surface area contributed by atoms with Crippen LogP contribution in [0.15, 0.2) is 24.4 Å². The van der Waals surface area contributed by atoms with Gasteiger partial charge in [-0.1, -0.05) is 11.6 Å². The molecule has 100 valence electrons. The summed E-state index contributed by atoms with van der Waals surface area (Å²) in [5, 5.41) is 35.3. The molecule has 20 heavy (non-hydrogen) atoms. The lowest BCUT2D eigenvalue weighted by atomic mass is 10.2. The van der Waals surface area contributed by atoms with E-state index < -0.39 is 4.92 Å². The van der Waals surface area contributed by atoms with E-state index in [1.807, 2.05) is 6.07 Å². The van der Waals surface area contributed by atoms with Crippen molar-refractivity contribution >= 4 is 28.5 Å². The highest BCUT2D eigenvalue weighted by molar-refractivity contribution is 6.32. The second kappa shape index (κ2) is 5.77. The molecule has 0 amide bonds. The van der Waals surface area contributed by atoms with Gasteiger partial charge < -0.3 is 5.32 Å². The number of aromatic nitrogens is 4. The van der Waals surface area contributed by atoms with Crippen LogP contribution in [0.4, 0.5) is 11.4 Å². The lowest BCUT2D eigenvalue weighted by Crippen LogP contribution is -1.95. The number of nitro benzene ring substituents is 1. The molecule has 0 unspecified atom stereocenters. The number of halogens is 1. The second-order valence-electron chi connectivity index (χ2n) is 3.47. The maximum atomic E-state index is 10.7. The number of rotatable bonds is 4. The highest BCUT2D eigenvalue weighted by atomic mass is 35.5. The molecule has 0 radical (unpaired) electrons. The molecule has 0 atom stereocenters. The predicted molar refractivity (Wildman–Crippen MR) is 69.5 cm³/mol. The smallest absolute Gasteiger partial charge is 0.289 e. The molecule has 1 heterocycles. The zero-order valence-corrected chi connectivity index (χ0v) is 10.5. The Morgan fingerprint density at radius 3 is 3.00 bits per heavy atom. The number of H-pyrrole nitrogens is 1. The Labute approximate surface area is 117 Å². The molecule has 0 aliphatic heterocycles. The van der Waals surface area contributed by atoms with Gasteiger partial charge in [-0.15, -0.1) is 10.2 Å². The molecule has 0 fully saturated rings. The van der Waals surface area contributed by atoms with Crippen LogP contribution >= 0.6 is 11.6 Å². The van der Waals surface area contributed by atoms with Crippen LogP contribution in [0, 0.1) is 21.4 Å². The lowest BCUT2D eigenvalue weighted by Gasteiger charge is -2.02. The Morgan fingerprint density at radius 2 is 2.40 bits per heavy atom. The second-order valence-corrected chi connectivity index (χ2v) is 3.88. The summed E-state index contributed by atoms with van der Waals surface area (Å²) in [7, 11) is 0. The number of tetrazole rings is 1. The van der Waals surface area contributed by atoms with Crippen LogP contribution in [0.1, 0.15) is 5.82 Å². The first kappa shape index (κ1) is 13.4. The zero-order chi connectivity index (χ0) is 14.5. The van der Waals surface area contributed by atoms with E-state index in [1.54, 1.807) is 0 Å². The third-order valence-electron chi connectivity index (χ3n) is 2.23. The first-order valence-electron chi connectivity index (χ1n) is 5.16. The molecule has 2 N–H and O–H groups in total. The summed E-state index contributed by atoms with van der Waals surface area (Å²) in [6, 6.07) is 6.06. The molecule has 0 saturated heterocycles. The van der Waals surface area contributed by atoms with E-state index in [2.05, 4.69) is 25.9 Å². The van der Waals surface area contributed by atoms with Crippen LogP contribution in [-0.4, -0.2) is 25.5 Å². The fraction of sp³-hybridized carbons (Fsp3) is 0. The van der Waals surface area contributed by atoms with Gasteiger partial charge in [-0.3, -0.25) is 10.1 Å². The molecule has 9 nitrogen and oxygen atoms in total. The van der Waals surface area contributed by atoms with E-state index in [-0.39, 0.29) is 22.1 Å². The Morgan fingerprint density at radius 1 is 1.60 bits per heavy atom. The van der Waals surface area contributed by atoms with Crippen molar-refractivity contribution in [3.05, 3.63) is 45.4 Å².